The second-order valence-corrected chi connectivity index (χ2v) is 5.76. The van der Waals surface area contributed by atoms with E-state index < -0.39 is 23.5 Å². The van der Waals surface area contributed by atoms with Gasteiger partial charge in [0.15, 0.2) is 11.6 Å². The number of carbonyl (C=O) groups excluding carboxylic acids is 2. The second-order valence-electron chi connectivity index (χ2n) is 5.76. The topological polar surface area (TPSA) is 55.8 Å². The van der Waals surface area contributed by atoms with E-state index in [0.717, 1.165) is 17.7 Å². The van der Waals surface area contributed by atoms with Gasteiger partial charge in [-0.1, -0.05) is 12.1 Å². The third kappa shape index (κ3) is 5.77. The van der Waals surface area contributed by atoms with E-state index in [2.05, 4.69) is 0 Å². The Bertz CT molecular complexity index is 793. The van der Waals surface area contributed by atoms with Gasteiger partial charge in [0.2, 0.25) is 0 Å². The summed E-state index contributed by atoms with van der Waals surface area (Å²) in [6.45, 7) is 2.22. The van der Waals surface area contributed by atoms with Crippen molar-refractivity contribution in [1.82, 2.24) is 4.90 Å². The van der Waals surface area contributed by atoms with Gasteiger partial charge in [-0.15, -0.1) is 0 Å². The quantitative estimate of drug-likeness (QED) is 0.660. The lowest BCUT2D eigenvalue weighted by atomic mass is 10.1. The molecule has 0 aliphatic heterocycles. The van der Waals surface area contributed by atoms with Gasteiger partial charge in [0.05, 0.1) is 20.1 Å². The molecule has 2 rings (SSSR count). The Balaban J connectivity index is 2.19. The number of carbonyl (C=O) groups is 2. The molecule has 0 aromatic heterocycles. The highest BCUT2D eigenvalue weighted by molar-refractivity contribution is 5.94. The van der Waals surface area contributed by atoms with Crippen molar-refractivity contribution in [1.29, 1.82) is 0 Å². The molecule has 0 aliphatic carbocycles. The van der Waals surface area contributed by atoms with Crippen LogP contribution >= 0.6 is 0 Å². The second kappa shape index (κ2) is 9.66. The van der Waals surface area contributed by atoms with Crippen molar-refractivity contribution in [3.05, 3.63) is 65.2 Å². The van der Waals surface area contributed by atoms with Gasteiger partial charge in [-0.3, -0.25) is 9.59 Å². The van der Waals surface area contributed by atoms with E-state index in [1.165, 1.54) is 11.0 Å². The minimum absolute atomic E-state index is 0.000584. The Hall–Kier alpha value is -2.96. The molecule has 5 nitrogen and oxygen atoms in total. The van der Waals surface area contributed by atoms with Crippen molar-refractivity contribution in [2.75, 3.05) is 20.3 Å². The van der Waals surface area contributed by atoms with Crippen LogP contribution in [-0.2, 0) is 16.1 Å². The number of amides is 1. The van der Waals surface area contributed by atoms with Crippen molar-refractivity contribution in [2.45, 2.75) is 19.9 Å². The molecule has 27 heavy (non-hydrogen) atoms. The molecule has 0 radical (unpaired) electrons. The Morgan fingerprint density at radius 3 is 2.33 bits per heavy atom. The summed E-state index contributed by atoms with van der Waals surface area (Å²) in [6.07, 6.45) is -0.000584. The maximum Gasteiger partial charge on any atom is 0.307 e. The van der Waals surface area contributed by atoms with E-state index >= 15 is 0 Å². The maximum absolute atomic E-state index is 13.5. The third-order valence-corrected chi connectivity index (χ3v) is 3.88. The fourth-order valence-corrected chi connectivity index (χ4v) is 2.47. The number of methoxy groups -OCH3 is 1. The predicted molar refractivity (Wildman–Crippen MR) is 95.3 cm³/mol. The molecule has 0 heterocycles. The fraction of sp³-hybridized carbons (Fsp3) is 0.300. The summed E-state index contributed by atoms with van der Waals surface area (Å²) < 4.78 is 36.6. The SMILES string of the molecule is CCOC(=O)CCN(Cc1ccc(OC)cc1)C(=O)c1ccc(F)c(F)c1. The minimum Gasteiger partial charge on any atom is -0.497 e. The molecule has 0 spiro atoms. The Kier molecular flexibility index (Phi) is 7.28. The van der Waals surface area contributed by atoms with Crippen LogP contribution in [0.3, 0.4) is 0 Å². The molecule has 0 N–H and O–H groups in total. The molecule has 0 unspecified atom stereocenters. The zero-order valence-electron chi connectivity index (χ0n) is 15.2. The van der Waals surface area contributed by atoms with Gasteiger partial charge >= 0.3 is 5.97 Å². The molecule has 0 bridgehead atoms. The Morgan fingerprint density at radius 2 is 1.74 bits per heavy atom. The number of hydrogen-bond donors (Lipinski definition) is 0. The molecule has 0 aliphatic rings. The minimum atomic E-state index is -1.10. The van der Waals surface area contributed by atoms with Gasteiger partial charge in [0, 0.05) is 18.7 Å². The molecule has 0 fully saturated rings. The molecule has 1 amide bonds. The van der Waals surface area contributed by atoms with Crippen LogP contribution in [0.5, 0.6) is 5.75 Å². The number of rotatable bonds is 8. The highest BCUT2D eigenvalue weighted by Gasteiger charge is 2.19. The number of benzene rings is 2. The van der Waals surface area contributed by atoms with Gasteiger partial charge in [-0.2, -0.15) is 0 Å². The molecule has 7 heteroatoms. The summed E-state index contributed by atoms with van der Waals surface area (Å²) >= 11 is 0. The average molecular weight is 377 g/mol. The summed E-state index contributed by atoms with van der Waals surface area (Å²) in [7, 11) is 1.55. The van der Waals surface area contributed by atoms with Crippen LogP contribution in [0.25, 0.3) is 0 Å². The van der Waals surface area contributed by atoms with Crippen LogP contribution < -0.4 is 4.74 Å². The number of hydrogen-bond acceptors (Lipinski definition) is 4. The van der Waals surface area contributed by atoms with Crippen LogP contribution in [0.1, 0.15) is 29.3 Å². The zero-order chi connectivity index (χ0) is 19.8. The molecular formula is C20H21F2NO4. The highest BCUT2D eigenvalue weighted by atomic mass is 19.2. The lowest BCUT2D eigenvalue weighted by molar-refractivity contribution is -0.143. The lowest BCUT2D eigenvalue weighted by Gasteiger charge is -2.23. The van der Waals surface area contributed by atoms with Crippen molar-refractivity contribution >= 4 is 11.9 Å². The molecule has 0 saturated carbocycles. The smallest absolute Gasteiger partial charge is 0.307 e. The van der Waals surface area contributed by atoms with Crippen LogP contribution in [0.15, 0.2) is 42.5 Å². The maximum atomic E-state index is 13.5. The van der Waals surface area contributed by atoms with E-state index in [4.69, 9.17) is 9.47 Å². The van der Waals surface area contributed by atoms with Crippen molar-refractivity contribution in [3.8, 4) is 5.75 Å². The fourth-order valence-electron chi connectivity index (χ4n) is 2.47. The zero-order valence-corrected chi connectivity index (χ0v) is 15.2. The molecule has 144 valence electrons. The van der Waals surface area contributed by atoms with E-state index in [1.54, 1.807) is 38.3 Å². The van der Waals surface area contributed by atoms with Crippen LogP contribution in [0, 0.1) is 11.6 Å². The van der Waals surface area contributed by atoms with Crippen molar-refractivity contribution < 1.29 is 27.8 Å². The van der Waals surface area contributed by atoms with Crippen LogP contribution in [-0.4, -0.2) is 37.0 Å². The van der Waals surface area contributed by atoms with Crippen molar-refractivity contribution in [2.24, 2.45) is 0 Å². The average Bonchev–Trinajstić information content (AvgIpc) is 2.67. The largest absolute Gasteiger partial charge is 0.497 e. The number of esters is 1. The Morgan fingerprint density at radius 1 is 1.04 bits per heavy atom. The van der Waals surface area contributed by atoms with Gasteiger partial charge in [0.25, 0.3) is 5.91 Å². The summed E-state index contributed by atoms with van der Waals surface area (Å²) in [6, 6.07) is 10.0. The first-order chi connectivity index (χ1) is 12.9. The third-order valence-electron chi connectivity index (χ3n) is 3.88. The number of halogens is 2. The first kappa shape index (κ1) is 20.4. The van der Waals surface area contributed by atoms with Crippen molar-refractivity contribution in [3.63, 3.8) is 0 Å². The van der Waals surface area contributed by atoms with Crippen LogP contribution in [0.4, 0.5) is 8.78 Å². The number of nitrogens with zero attached hydrogens (tertiary/aromatic N) is 1. The summed E-state index contributed by atoms with van der Waals surface area (Å²) in [5, 5.41) is 0. The first-order valence-electron chi connectivity index (χ1n) is 8.47. The van der Waals surface area contributed by atoms with E-state index in [1.807, 2.05) is 0 Å². The number of ether oxygens (including phenoxy) is 2. The predicted octanol–water partition coefficient (Wildman–Crippen LogP) is 3.57. The molecule has 2 aromatic rings. The Labute approximate surface area is 156 Å². The molecule has 0 atom stereocenters. The van der Waals surface area contributed by atoms with E-state index in [-0.39, 0.29) is 31.7 Å². The summed E-state index contributed by atoms with van der Waals surface area (Å²) in [4.78, 5) is 25.8. The first-order valence-corrected chi connectivity index (χ1v) is 8.47. The summed E-state index contributed by atoms with van der Waals surface area (Å²) in [5.74, 6) is -2.40. The molecular weight excluding hydrogens is 356 g/mol. The van der Waals surface area contributed by atoms with E-state index in [9.17, 15) is 18.4 Å². The normalized spacial score (nSPS) is 10.4. The van der Waals surface area contributed by atoms with Gasteiger partial charge in [0.1, 0.15) is 5.75 Å². The molecule has 2 aromatic carbocycles. The van der Waals surface area contributed by atoms with Gasteiger partial charge in [-0.05, 0) is 42.8 Å². The van der Waals surface area contributed by atoms with Gasteiger partial charge < -0.3 is 14.4 Å². The lowest BCUT2D eigenvalue weighted by Crippen LogP contribution is -2.33. The molecule has 0 saturated heterocycles. The summed E-state index contributed by atoms with van der Waals surface area (Å²) in [5.41, 5.74) is 0.807. The van der Waals surface area contributed by atoms with E-state index in [0.29, 0.717) is 5.75 Å². The van der Waals surface area contributed by atoms with Gasteiger partial charge in [-0.25, -0.2) is 8.78 Å². The standard InChI is InChI=1S/C20H21F2NO4/c1-3-27-19(24)10-11-23(13-14-4-7-16(26-2)8-5-14)20(25)15-6-9-17(21)18(22)12-15/h4-9,12H,3,10-11,13H2,1-2H3. The highest BCUT2D eigenvalue weighted by Crippen LogP contribution is 2.16. The van der Waals surface area contributed by atoms with Crippen LogP contribution in [0.2, 0.25) is 0 Å². The monoisotopic (exact) mass is 377 g/mol.